The molecule has 0 bridgehead atoms. The number of rotatable bonds is 8. The molecule has 0 radical (unpaired) electrons. The van der Waals surface area contributed by atoms with E-state index in [9.17, 15) is 8.42 Å². The topological polar surface area (TPSA) is 72.2 Å². The van der Waals surface area contributed by atoms with Gasteiger partial charge in [-0.1, -0.05) is 38.5 Å². The van der Waals surface area contributed by atoms with Gasteiger partial charge < -0.3 is 5.73 Å². The maximum atomic E-state index is 12.2. The van der Waals surface area contributed by atoms with Crippen LogP contribution in [0.2, 0.25) is 0 Å². The first-order valence-electron chi connectivity index (χ1n) is 6.84. The molecule has 0 saturated heterocycles. The summed E-state index contributed by atoms with van der Waals surface area (Å²) in [4.78, 5) is 0.356. The number of nitrogens with two attached hydrogens (primary N) is 1. The Morgan fingerprint density at radius 2 is 1.89 bits per heavy atom. The molecule has 1 unspecified atom stereocenters. The highest BCUT2D eigenvalue weighted by molar-refractivity contribution is 7.89. The van der Waals surface area contributed by atoms with Gasteiger partial charge in [-0.15, -0.1) is 0 Å². The Balaban J connectivity index is 2.95. The lowest BCUT2D eigenvalue weighted by molar-refractivity contribution is 0.573. The van der Waals surface area contributed by atoms with Crippen molar-refractivity contribution < 1.29 is 8.42 Å². The normalized spacial score (nSPS) is 13.4. The number of nitrogens with one attached hydrogen (secondary N) is 1. The van der Waals surface area contributed by atoms with E-state index in [0.29, 0.717) is 17.9 Å². The SMILES string of the molecule is CCCNS(=O)(=O)c1ccccc1CC(N)CCC. The molecule has 0 heterocycles. The van der Waals surface area contributed by atoms with Crippen LogP contribution in [0, 0.1) is 0 Å². The van der Waals surface area contributed by atoms with E-state index in [0.717, 1.165) is 24.8 Å². The van der Waals surface area contributed by atoms with E-state index in [4.69, 9.17) is 5.73 Å². The van der Waals surface area contributed by atoms with Gasteiger partial charge in [0, 0.05) is 12.6 Å². The molecule has 3 N–H and O–H groups in total. The average molecular weight is 284 g/mol. The lowest BCUT2D eigenvalue weighted by Crippen LogP contribution is -2.28. The highest BCUT2D eigenvalue weighted by Crippen LogP contribution is 2.17. The molecular formula is C14H24N2O2S. The van der Waals surface area contributed by atoms with Gasteiger partial charge in [0.25, 0.3) is 0 Å². The van der Waals surface area contributed by atoms with Crippen molar-refractivity contribution in [1.82, 2.24) is 4.72 Å². The summed E-state index contributed by atoms with van der Waals surface area (Å²) in [6, 6.07) is 7.09. The summed E-state index contributed by atoms with van der Waals surface area (Å²) in [5.41, 5.74) is 6.81. The molecule has 0 amide bonds. The van der Waals surface area contributed by atoms with Crippen LogP contribution < -0.4 is 10.5 Å². The van der Waals surface area contributed by atoms with Crippen molar-refractivity contribution in [2.45, 2.75) is 50.5 Å². The van der Waals surface area contributed by atoms with Gasteiger partial charge in [-0.05, 0) is 30.9 Å². The van der Waals surface area contributed by atoms with Crippen LogP contribution in [0.1, 0.15) is 38.7 Å². The Bertz CT molecular complexity index is 486. The van der Waals surface area contributed by atoms with E-state index < -0.39 is 10.0 Å². The van der Waals surface area contributed by atoms with Crippen molar-refractivity contribution in [1.29, 1.82) is 0 Å². The van der Waals surface area contributed by atoms with Crippen molar-refractivity contribution in [3.63, 3.8) is 0 Å². The number of benzene rings is 1. The molecule has 1 aromatic carbocycles. The van der Waals surface area contributed by atoms with Gasteiger partial charge in [-0.3, -0.25) is 0 Å². The van der Waals surface area contributed by atoms with Gasteiger partial charge in [0.05, 0.1) is 4.90 Å². The summed E-state index contributed by atoms with van der Waals surface area (Å²) in [5.74, 6) is 0. The van der Waals surface area contributed by atoms with Crippen molar-refractivity contribution >= 4 is 10.0 Å². The van der Waals surface area contributed by atoms with Gasteiger partial charge in [0.1, 0.15) is 0 Å². The Kier molecular flexibility index (Phi) is 6.48. The van der Waals surface area contributed by atoms with Crippen LogP contribution >= 0.6 is 0 Å². The summed E-state index contributed by atoms with van der Waals surface area (Å²) >= 11 is 0. The molecule has 1 rings (SSSR count). The summed E-state index contributed by atoms with van der Waals surface area (Å²) in [7, 11) is -3.42. The minimum Gasteiger partial charge on any atom is -0.327 e. The summed E-state index contributed by atoms with van der Waals surface area (Å²) in [6.07, 6.45) is 3.27. The number of hydrogen-bond acceptors (Lipinski definition) is 3. The van der Waals surface area contributed by atoms with Crippen LogP contribution in [0.15, 0.2) is 29.2 Å². The summed E-state index contributed by atoms with van der Waals surface area (Å²) in [6.45, 7) is 4.47. The quantitative estimate of drug-likeness (QED) is 0.767. The molecule has 0 aliphatic rings. The lowest BCUT2D eigenvalue weighted by atomic mass is 10.0. The molecule has 0 fully saturated rings. The monoisotopic (exact) mass is 284 g/mol. The van der Waals surface area contributed by atoms with Crippen LogP contribution in [0.25, 0.3) is 0 Å². The second-order valence-corrected chi connectivity index (χ2v) is 6.49. The van der Waals surface area contributed by atoms with Gasteiger partial charge >= 0.3 is 0 Å². The molecule has 108 valence electrons. The molecule has 0 aliphatic carbocycles. The predicted octanol–water partition coefficient (Wildman–Crippen LogP) is 2.04. The Hall–Kier alpha value is -0.910. The minimum atomic E-state index is -3.42. The molecule has 5 heteroatoms. The fourth-order valence-electron chi connectivity index (χ4n) is 2.00. The molecule has 4 nitrogen and oxygen atoms in total. The summed E-state index contributed by atoms with van der Waals surface area (Å²) in [5, 5.41) is 0. The van der Waals surface area contributed by atoms with E-state index in [2.05, 4.69) is 11.6 Å². The van der Waals surface area contributed by atoms with E-state index >= 15 is 0 Å². The minimum absolute atomic E-state index is 0.00697. The maximum absolute atomic E-state index is 12.2. The number of hydrogen-bond donors (Lipinski definition) is 2. The van der Waals surface area contributed by atoms with E-state index in [1.807, 2.05) is 19.1 Å². The first kappa shape index (κ1) is 16.1. The smallest absolute Gasteiger partial charge is 0.240 e. The molecular weight excluding hydrogens is 260 g/mol. The van der Waals surface area contributed by atoms with E-state index in [1.165, 1.54) is 0 Å². The second-order valence-electron chi connectivity index (χ2n) is 4.76. The van der Waals surface area contributed by atoms with Crippen molar-refractivity contribution in [2.75, 3.05) is 6.54 Å². The molecule has 1 aromatic rings. The van der Waals surface area contributed by atoms with Crippen LogP contribution in [-0.2, 0) is 16.4 Å². The largest absolute Gasteiger partial charge is 0.327 e. The lowest BCUT2D eigenvalue weighted by Gasteiger charge is -2.14. The van der Waals surface area contributed by atoms with E-state index in [1.54, 1.807) is 12.1 Å². The van der Waals surface area contributed by atoms with Crippen molar-refractivity contribution in [3.05, 3.63) is 29.8 Å². The third kappa shape index (κ3) is 4.93. The molecule has 0 aliphatic heterocycles. The maximum Gasteiger partial charge on any atom is 0.240 e. The molecule has 0 aromatic heterocycles. The van der Waals surface area contributed by atoms with Crippen LogP contribution in [0.5, 0.6) is 0 Å². The van der Waals surface area contributed by atoms with Crippen molar-refractivity contribution in [3.8, 4) is 0 Å². The van der Waals surface area contributed by atoms with Gasteiger partial charge in [0.2, 0.25) is 10.0 Å². The number of sulfonamides is 1. The van der Waals surface area contributed by atoms with Gasteiger partial charge in [-0.2, -0.15) is 0 Å². The third-order valence-corrected chi connectivity index (χ3v) is 4.51. The zero-order valence-corrected chi connectivity index (χ0v) is 12.5. The van der Waals surface area contributed by atoms with Crippen LogP contribution in [-0.4, -0.2) is 21.0 Å². The molecule has 0 saturated carbocycles. The first-order valence-corrected chi connectivity index (χ1v) is 8.32. The highest BCUT2D eigenvalue weighted by Gasteiger charge is 2.18. The predicted molar refractivity (Wildman–Crippen MR) is 78.5 cm³/mol. The Labute approximate surface area is 116 Å². The zero-order valence-electron chi connectivity index (χ0n) is 11.7. The highest BCUT2D eigenvalue weighted by atomic mass is 32.2. The molecule has 0 spiro atoms. The average Bonchev–Trinajstić information content (AvgIpc) is 2.37. The first-order chi connectivity index (χ1) is 9.01. The van der Waals surface area contributed by atoms with Crippen molar-refractivity contribution in [2.24, 2.45) is 5.73 Å². The zero-order chi connectivity index (χ0) is 14.3. The second kappa shape index (κ2) is 7.62. The standard InChI is InChI=1S/C14H24N2O2S/c1-3-7-13(15)11-12-8-5-6-9-14(12)19(17,18)16-10-4-2/h5-6,8-9,13,16H,3-4,7,10-11,15H2,1-2H3. The Morgan fingerprint density at radius 3 is 2.53 bits per heavy atom. The molecule has 1 atom stereocenters. The van der Waals surface area contributed by atoms with Crippen LogP contribution in [0.3, 0.4) is 0 Å². The fourth-order valence-corrected chi connectivity index (χ4v) is 3.39. The van der Waals surface area contributed by atoms with E-state index in [-0.39, 0.29) is 6.04 Å². The Morgan fingerprint density at radius 1 is 1.21 bits per heavy atom. The van der Waals surface area contributed by atoms with Crippen LogP contribution in [0.4, 0.5) is 0 Å². The van der Waals surface area contributed by atoms with Gasteiger partial charge in [-0.25, -0.2) is 13.1 Å². The summed E-state index contributed by atoms with van der Waals surface area (Å²) < 4.78 is 27.0. The van der Waals surface area contributed by atoms with Gasteiger partial charge in [0.15, 0.2) is 0 Å². The third-order valence-electron chi connectivity index (χ3n) is 2.95. The molecule has 19 heavy (non-hydrogen) atoms. The fraction of sp³-hybridized carbons (Fsp3) is 0.571.